The van der Waals surface area contributed by atoms with Gasteiger partial charge in [-0.3, -0.25) is 0 Å². The van der Waals surface area contributed by atoms with Gasteiger partial charge in [0.05, 0.1) is 7.11 Å². The summed E-state index contributed by atoms with van der Waals surface area (Å²) >= 11 is 3.76. The first-order chi connectivity index (χ1) is 8.08. The third-order valence-electron chi connectivity index (χ3n) is 1.69. The highest BCUT2D eigenvalue weighted by molar-refractivity contribution is 14.1. The average Bonchev–Trinajstić information content (AvgIpc) is 2.21. The second-order valence-electron chi connectivity index (χ2n) is 2.90. The highest BCUT2D eigenvalue weighted by atomic mass is 127. The fourth-order valence-electron chi connectivity index (χ4n) is 0.900. The minimum Gasteiger partial charge on any atom is -0.493 e. The molecule has 102 valence electrons. The lowest BCUT2D eigenvalue weighted by atomic mass is 10.3. The van der Waals surface area contributed by atoms with Crippen LogP contribution in [-0.4, -0.2) is 21.0 Å². The Morgan fingerprint density at radius 3 is 1.94 bits per heavy atom. The van der Waals surface area contributed by atoms with Crippen LogP contribution in [0.1, 0.15) is 0 Å². The summed E-state index contributed by atoms with van der Waals surface area (Å²) in [7, 11) is -4.50. The predicted molar refractivity (Wildman–Crippen MR) is 74.0 cm³/mol. The standard InChI is InChI=1S/C8H5F3I2O4S/c1-16-6-2-4(12)5(13)3-7(6)17-18(14,15)8(9,10)11/h2-3H,1H3. The molecule has 0 aliphatic carbocycles. The van der Waals surface area contributed by atoms with Crippen molar-refractivity contribution < 1.29 is 30.5 Å². The number of methoxy groups -OCH3 is 1. The second kappa shape index (κ2) is 5.56. The number of rotatable bonds is 3. The molecule has 1 aromatic carbocycles. The lowest BCUT2D eigenvalue weighted by Gasteiger charge is -2.13. The zero-order valence-corrected chi connectivity index (χ0v) is 13.7. The third kappa shape index (κ3) is 3.53. The molecule has 0 unspecified atom stereocenters. The zero-order chi connectivity index (χ0) is 14.1. The largest absolute Gasteiger partial charge is 0.534 e. The molecule has 0 heterocycles. The van der Waals surface area contributed by atoms with Gasteiger partial charge in [0, 0.05) is 13.2 Å². The Morgan fingerprint density at radius 2 is 1.56 bits per heavy atom. The van der Waals surface area contributed by atoms with Crippen molar-refractivity contribution in [3.05, 3.63) is 19.3 Å². The molecule has 0 aliphatic heterocycles. The van der Waals surface area contributed by atoms with E-state index in [0.717, 1.165) is 6.07 Å². The molecule has 0 aromatic heterocycles. The van der Waals surface area contributed by atoms with Crippen LogP contribution in [0.15, 0.2) is 12.1 Å². The van der Waals surface area contributed by atoms with Gasteiger partial charge in [-0.15, -0.1) is 0 Å². The monoisotopic (exact) mass is 508 g/mol. The van der Waals surface area contributed by atoms with Gasteiger partial charge in [0.1, 0.15) is 0 Å². The number of alkyl halides is 3. The van der Waals surface area contributed by atoms with E-state index < -0.39 is 21.4 Å². The summed E-state index contributed by atoms with van der Waals surface area (Å²) in [5.74, 6) is -0.590. The van der Waals surface area contributed by atoms with Gasteiger partial charge in [-0.05, 0) is 51.2 Å². The number of halogens is 5. The summed E-state index contributed by atoms with van der Waals surface area (Å²) in [6.07, 6.45) is 0. The SMILES string of the molecule is COc1cc(I)c(I)cc1OS(=O)(=O)C(F)(F)F. The van der Waals surface area contributed by atoms with Gasteiger partial charge in [-0.1, -0.05) is 0 Å². The van der Waals surface area contributed by atoms with Gasteiger partial charge in [-0.2, -0.15) is 21.6 Å². The first-order valence-corrected chi connectivity index (χ1v) is 7.69. The fraction of sp³-hybridized carbons (Fsp3) is 0.250. The Morgan fingerprint density at radius 1 is 1.11 bits per heavy atom. The molecule has 0 saturated heterocycles. The molecule has 0 fully saturated rings. The molecule has 0 aliphatic rings. The van der Waals surface area contributed by atoms with E-state index in [1.165, 1.54) is 13.2 Å². The number of hydrogen-bond acceptors (Lipinski definition) is 4. The lowest BCUT2D eigenvalue weighted by Crippen LogP contribution is -2.28. The molecule has 0 saturated carbocycles. The summed E-state index contributed by atoms with van der Waals surface area (Å²) in [6, 6.07) is 2.54. The Bertz CT molecular complexity index is 556. The van der Waals surface area contributed by atoms with Crippen LogP contribution in [0.2, 0.25) is 0 Å². The summed E-state index contributed by atoms with van der Waals surface area (Å²) in [5.41, 5.74) is -5.48. The first-order valence-electron chi connectivity index (χ1n) is 4.12. The lowest BCUT2D eigenvalue weighted by molar-refractivity contribution is -0.0500. The van der Waals surface area contributed by atoms with Gasteiger partial charge >= 0.3 is 15.6 Å². The van der Waals surface area contributed by atoms with Gasteiger partial charge in [0.15, 0.2) is 11.5 Å². The van der Waals surface area contributed by atoms with E-state index >= 15 is 0 Å². The van der Waals surface area contributed by atoms with Crippen LogP contribution in [0, 0.1) is 7.14 Å². The van der Waals surface area contributed by atoms with Crippen LogP contribution in [0.3, 0.4) is 0 Å². The normalized spacial score (nSPS) is 12.3. The number of hydrogen-bond donors (Lipinski definition) is 0. The molecular formula is C8H5F3I2O4S. The zero-order valence-electron chi connectivity index (χ0n) is 8.59. The molecule has 4 nitrogen and oxygen atoms in total. The average molecular weight is 508 g/mol. The van der Waals surface area contributed by atoms with Crippen LogP contribution >= 0.6 is 45.2 Å². The van der Waals surface area contributed by atoms with E-state index in [-0.39, 0.29) is 5.75 Å². The second-order valence-corrected chi connectivity index (χ2v) is 6.76. The molecule has 18 heavy (non-hydrogen) atoms. The minimum absolute atomic E-state index is 0.0901. The maximum Gasteiger partial charge on any atom is 0.534 e. The third-order valence-corrected chi connectivity index (χ3v) is 5.47. The van der Waals surface area contributed by atoms with E-state index in [1.54, 1.807) is 0 Å². The summed E-state index contributed by atoms with van der Waals surface area (Å²) < 4.78 is 68.3. The van der Waals surface area contributed by atoms with Gasteiger partial charge in [0.25, 0.3) is 0 Å². The summed E-state index contributed by atoms with van der Waals surface area (Å²) in [4.78, 5) is 0. The van der Waals surface area contributed by atoms with Gasteiger partial charge in [0.2, 0.25) is 0 Å². The van der Waals surface area contributed by atoms with Crippen LogP contribution in [0.5, 0.6) is 11.5 Å². The molecular weight excluding hydrogens is 503 g/mol. The Hall–Kier alpha value is 0.0200. The molecule has 0 N–H and O–H groups in total. The van der Waals surface area contributed by atoms with Crippen LogP contribution in [0.4, 0.5) is 13.2 Å². The fourth-order valence-corrected chi connectivity index (χ4v) is 2.24. The highest BCUT2D eigenvalue weighted by Crippen LogP contribution is 2.35. The quantitative estimate of drug-likeness (QED) is 0.358. The molecule has 1 aromatic rings. The van der Waals surface area contributed by atoms with Crippen molar-refractivity contribution in [1.82, 2.24) is 0 Å². The summed E-state index contributed by atoms with van der Waals surface area (Å²) in [5, 5.41) is 0. The van der Waals surface area contributed by atoms with Crippen molar-refractivity contribution in [3.8, 4) is 11.5 Å². The van der Waals surface area contributed by atoms with Crippen molar-refractivity contribution >= 4 is 55.3 Å². The molecule has 1 rings (SSSR count). The van der Waals surface area contributed by atoms with Crippen LogP contribution in [0.25, 0.3) is 0 Å². The summed E-state index contributed by atoms with van der Waals surface area (Å²) in [6.45, 7) is 0. The van der Waals surface area contributed by atoms with Crippen molar-refractivity contribution in [3.63, 3.8) is 0 Å². The first kappa shape index (κ1) is 16.1. The molecule has 0 bridgehead atoms. The van der Waals surface area contributed by atoms with Crippen molar-refractivity contribution in [2.45, 2.75) is 5.51 Å². The van der Waals surface area contributed by atoms with E-state index in [2.05, 4.69) is 4.18 Å². The number of benzene rings is 1. The Labute approximate surface area is 128 Å². The molecule has 0 radical (unpaired) electrons. The Kier molecular flexibility index (Phi) is 4.97. The van der Waals surface area contributed by atoms with Crippen LogP contribution in [-0.2, 0) is 10.1 Å². The molecule has 10 heteroatoms. The molecule has 0 spiro atoms. The maximum atomic E-state index is 12.2. The van der Waals surface area contributed by atoms with Crippen molar-refractivity contribution in [2.24, 2.45) is 0 Å². The topological polar surface area (TPSA) is 52.6 Å². The maximum absolute atomic E-state index is 12.2. The minimum atomic E-state index is -5.70. The highest BCUT2D eigenvalue weighted by Gasteiger charge is 2.49. The van der Waals surface area contributed by atoms with Gasteiger partial charge in [-0.25, -0.2) is 0 Å². The predicted octanol–water partition coefficient (Wildman–Crippen LogP) is 3.13. The van der Waals surface area contributed by atoms with Crippen LogP contribution < -0.4 is 8.92 Å². The van der Waals surface area contributed by atoms with E-state index in [4.69, 9.17) is 4.74 Å². The van der Waals surface area contributed by atoms with E-state index in [9.17, 15) is 21.6 Å². The smallest absolute Gasteiger partial charge is 0.493 e. The van der Waals surface area contributed by atoms with Crippen molar-refractivity contribution in [2.75, 3.05) is 7.11 Å². The molecule has 0 amide bonds. The van der Waals surface area contributed by atoms with E-state index in [0.29, 0.717) is 7.14 Å². The molecule has 0 atom stereocenters. The Balaban J connectivity index is 3.24. The number of ether oxygens (including phenoxy) is 1. The van der Waals surface area contributed by atoms with E-state index in [1.807, 2.05) is 45.2 Å². The van der Waals surface area contributed by atoms with Gasteiger partial charge < -0.3 is 8.92 Å². The van der Waals surface area contributed by atoms with Crippen molar-refractivity contribution in [1.29, 1.82) is 0 Å².